The van der Waals surface area contributed by atoms with E-state index in [0.717, 1.165) is 36.5 Å². The number of ether oxygens (including phenoxy) is 2. The summed E-state index contributed by atoms with van der Waals surface area (Å²) in [5, 5.41) is 4.29. The van der Waals surface area contributed by atoms with Gasteiger partial charge in [0.25, 0.3) is 0 Å². The zero-order valence-corrected chi connectivity index (χ0v) is 15.9. The molecule has 1 aliphatic rings. The molecule has 146 valence electrons. The Kier molecular flexibility index (Phi) is 5.69. The zero-order chi connectivity index (χ0) is 19.3. The Morgan fingerprint density at radius 3 is 2.79 bits per heavy atom. The van der Waals surface area contributed by atoms with Crippen LogP contribution in [0, 0.1) is 5.82 Å². The van der Waals surface area contributed by atoms with E-state index in [-0.39, 0.29) is 11.9 Å². The molecule has 0 saturated carbocycles. The average Bonchev–Trinajstić information content (AvgIpc) is 3.22. The number of hydrogen-bond donors (Lipinski definition) is 0. The van der Waals surface area contributed by atoms with Gasteiger partial charge in [0.2, 0.25) is 0 Å². The summed E-state index contributed by atoms with van der Waals surface area (Å²) < 4.78 is 26.5. The molecule has 5 nitrogen and oxygen atoms in total. The SMILES string of the molecule is COc1ccc(CN2CCO[C@@H](c3ccc(F)cc3)C2)cc1Cn1cccn1. The molecule has 1 fully saturated rings. The fourth-order valence-electron chi connectivity index (χ4n) is 3.61. The average molecular weight is 381 g/mol. The first-order valence-electron chi connectivity index (χ1n) is 9.44. The van der Waals surface area contributed by atoms with Gasteiger partial charge in [-0.15, -0.1) is 0 Å². The van der Waals surface area contributed by atoms with E-state index in [1.807, 2.05) is 23.0 Å². The monoisotopic (exact) mass is 381 g/mol. The molecular formula is C22H24FN3O2. The van der Waals surface area contributed by atoms with Crippen molar-refractivity contribution in [2.24, 2.45) is 0 Å². The van der Waals surface area contributed by atoms with Crippen LogP contribution >= 0.6 is 0 Å². The van der Waals surface area contributed by atoms with Gasteiger partial charge in [-0.25, -0.2) is 4.39 Å². The third-order valence-corrected chi connectivity index (χ3v) is 5.03. The molecule has 1 aliphatic heterocycles. The summed E-state index contributed by atoms with van der Waals surface area (Å²) >= 11 is 0. The fraction of sp³-hybridized carbons (Fsp3) is 0.318. The first-order valence-corrected chi connectivity index (χ1v) is 9.44. The Balaban J connectivity index is 1.46. The van der Waals surface area contributed by atoms with Gasteiger partial charge >= 0.3 is 0 Å². The fourth-order valence-corrected chi connectivity index (χ4v) is 3.61. The molecule has 1 saturated heterocycles. The molecule has 0 unspecified atom stereocenters. The van der Waals surface area contributed by atoms with E-state index in [2.05, 4.69) is 22.1 Å². The van der Waals surface area contributed by atoms with Crippen LogP contribution in [0.15, 0.2) is 60.9 Å². The minimum Gasteiger partial charge on any atom is -0.496 e. The number of hydrogen-bond acceptors (Lipinski definition) is 4. The van der Waals surface area contributed by atoms with E-state index in [4.69, 9.17) is 9.47 Å². The number of benzene rings is 2. The predicted octanol–water partition coefficient (Wildman–Crippen LogP) is 3.65. The summed E-state index contributed by atoms with van der Waals surface area (Å²) in [7, 11) is 1.69. The third-order valence-electron chi connectivity index (χ3n) is 5.03. The highest BCUT2D eigenvalue weighted by Crippen LogP contribution is 2.25. The lowest BCUT2D eigenvalue weighted by Crippen LogP contribution is -2.37. The summed E-state index contributed by atoms with van der Waals surface area (Å²) in [6, 6.07) is 14.8. The highest BCUT2D eigenvalue weighted by atomic mass is 19.1. The van der Waals surface area contributed by atoms with Crippen molar-refractivity contribution >= 4 is 0 Å². The lowest BCUT2D eigenvalue weighted by molar-refractivity contribution is -0.0329. The van der Waals surface area contributed by atoms with Crippen molar-refractivity contribution < 1.29 is 13.9 Å². The maximum absolute atomic E-state index is 13.2. The lowest BCUT2D eigenvalue weighted by Gasteiger charge is -2.33. The van der Waals surface area contributed by atoms with Gasteiger partial charge in [-0.1, -0.05) is 18.2 Å². The second-order valence-corrected chi connectivity index (χ2v) is 7.00. The first kappa shape index (κ1) is 18.7. The van der Waals surface area contributed by atoms with Gasteiger partial charge in [-0.2, -0.15) is 5.10 Å². The standard InChI is InChI=1S/C22H24FN3O2/c1-27-21-8-3-17(13-19(21)15-26-10-2-9-24-26)14-25-11-12-28-22(16-25)18-4-6-20(23)7-5-18/h2-10,13,22H,11-12,14-16H2,1H3/t22-/m1/s1. The van der Waals surface area contributed by atoms with Crippen LogP contribution < -0.4 is 4.74 Å². The van der Waals surface area contributed by atoms with E-state index >= 15 is 0 Å². The van der Waals surface area contributed by atoms with Crippen molar-refractivity contribution in [2.45, 2.75) is 19.2 Å². The summed E-state index contributed by atoms with van der Waals surface area (Å²) in [6.07, 6.45) is 3.69. The smallest absolute Gasteiger partial charge is 0.123 e. The first-order chi connectivity index (χ1) is 13.7. The molecule has 1 aromatic heterocycles. The number of rotatable bonds is 6. The normalized spacial score (nSPS) is 17.6. The summed E-state index contributed by atoms with van der Waals surface area (Å²) in [5.41, 5.74) is 3.34. The Morgan fingerprint density at radius 2 is 2.04 bits per heavy atom. The van der Waals surface area contributed by atoms with Crippen LogP contribution in [0.25, 0.3) is 0 Å². The Bertz CT molecular complexity index is 897. The Hall–Kier alpha value is -2.70. The molecule has 1 atom stereocenters. The molecule has 0 spiro atoms. The van der Waals surface area contributed by atoms with Crippen LogP contribution in [-0.2, 0) is 17.8 Å². The molecule has 2 heterocycles. The van der Waals surface area contributed by atoms with Crippen molar-refractivity contribution in [1.29, 1.82) is 0 Å². The molecule has 2 aromatic carbocycles. The van der Waals surface area contributed by atoms with Crippen LogP contribution in [0.1, 0.15) is 22.8 Å². The van der Waals surface area contributed by atoms with Crippen molar-refractivity contribution in [3.8, 4) is 5.75 Å². The molecule has 0 aliphatic carbocycles. The number of morpholine rings is 1. The van der Waals surface area contributed by atoms with Crippen LogP contribution in [0.4, 0.5) is 4.39 Å². The van der Waals surface area contributed by atoms with Gasteiger partial charge in [-0.3, -0.25) is 9.58 Å². The van der Waals surface area contributed by atoms with Gasteiger partial charge in [0, 0.05) is 37.6 Å². The maximum Gasteiger partial charge on any atom is 0.123 e. The lowest BCUT2D eigenvalue weighted by atomic mass is 10.1. The third kappa shape index (κ3) is 4.40. The van der Waals surface area contributed by atoms with Crippen molar-refractivity contribution in [1.82, 2.24) is 14.7 Å². The van der Waals surface area contributed by atoms with Gasteiger partial charge < -0.3 is 9.47 Å². The molecule has 3 aromatic rings. The Labute approximate surface area is 164 Å². The molecule has 4 rings (SSSR count). The number of methoxy groups -OCH3 is 1. The minimum absolute atomic E-state index is 0.0313. The topological polar surface area (TPSA) is 39.5 Å². The minimum atomic E-state index is -0.223. The highest BCUT2D eigenvalue weighted by molar-refractivity contribution is 5.37. The van der Waals surface area contributed by atoms with E-state index < -0.39 is 0 Å². The predicted molar refractivity (Wildman–Crippen MR) is 105 cm³/mol. The van der Waals surface area contributed by atoms with Crippen molar-refractivity contribution in [3.63, 3.8) is 0 Å². The van der Waals surface area contributed by atoms with Crippen LogP contribution in [0.5, 0.6) is 5.75 Å². The van der Waals surface area contributed by atoms with Crippen molar-refractivity contribution in [2.75, 3.05) is 26.8 Å². The molecule has 0 N–H and O–H groups in total. The zero-order valence-electron chi connectivity index (χ0n) is 15.9. The highest BCUT2D eigenvalue weighted by Gasteiger charge is 2.22. The quantitative estimate of drug-likeness (QED) is 0.653. The molecule has 0 bridgehead atoms. The second-order valence-electron chi connectivity index (χ2n) is 7.00. The number of aromatic nitrogens is 2. The van der Waals surface area contributed by atoms with E-state index in [9.17, 15) is 4.39 Å². The summed E-state index contributed by atoms with van der Waals surface area (Å²) in [5.74, 6) is 0.643. The molecule has 0 amide bonds. The van der Waals surface area contributed by atoms with Crippen LogP contribution in [0.2, 0.25) is 0 Å². The van der Waals surface area contributed by atoms with E-state index in [1.54, 1.807) is 25.4 Å². The Morgan fingerprint density at radius 1 is 1.18 bits per heavy atom. The van der Waals surface area contributed by atoms with Gasteiger partial charge in [-0.05, 0) is 41.5 Å². The van der Waals surface area contributed by atoms with Gasteiger partial charge in [0.1, 0.15) is 11.6 Å². The molecular weight excluding hydrogens is 357 g/mol. The maximum atomic E-state index is 13.2. The van der Waals surface area contributed by atoms with E-state index in [1.165, 1.54) is 17.7 Å². The second kappa shape index (κ2) is 8.54. The summed E-state index contributed by atoms with van der Waals surface area (Å²) in [6.45, 7) is 3.82. The molecule has 6 heteroatoms. The van der Waals surface area contributed by atoms with Crippen LogP contribution in [0.3, 0.4) is 0 Å². The van der Waals surface area contributed by atoms with Gasteiger partial charge in [0.15, 0.2) is 0 Å². The largest absolute Gasteiger partial charge is 0.496 e. The molecule has 28 heavy (non-hydrogen) atoms. The summed E-state index contributed by atoms with van der Waals surface area (Å²) in [4.78, 5) is 2.37. The van der Waals surface area contributed by atoms with Crippen LogP contribution in [-0.4, -0.2) is 41.5 Å². The van der Waals surface area contributed by atoms with Gasteiger partial charge in [0.05, 0.1) is 26.4 Å². The number of nitrogens with zero attached hydrogens (tertiary/aromatic N) is 3. The van der Waals surface area contributed by atoms with Crippen molar-refractivity contribution in [3.05, 3.63) is 83.4 Å². The van der Waals surface area contributed by atoms with E-state index in [0.29, 0.717) is 13.2 Å². The molecule has 0 radical (unpaired) electrons. The number of halogens is 1.